The Bertz CT molecular complexity index is 1530. The molecule has 0 N–H and O–H groups in total. The lowest BCUT2D eigenvalue weighted by Crippen LogP contribution is -2.39. The normalized spacial score (nSPS) is 23.0. The van der Waals surface area contributed by atoms with E-state index in [9.17, 15) is 9.18 Å². The van der Waals surface area contributed by atoms with Gasteiger partial charge in [-0.1, -0.05) is 62.6 Å². The zero-order valence-corrected chi connectivity index (χ0v) is 26.3. The number of carbonyl (C=O) groups excluding carboxylic acids is 1. The first kappa shape index (κ1) is 29.9. The molecule has 43 heavy (non-hydrogen) atoms. The van der Waals surface area contributed by atoms with Crippen molar-refractivity contribution in [2.45, 2.75) is 84.1 Å². The summed E-state index contributed by atoms with van der Waals surface area (Å²) >= 11 is 6.13. The quantitative estimate of drug-likeness (QED) is 0.280. The lowest BCUT2D eigenvalue weighted by Gasteiger charge is -2.30. The van der Waals surface area contributed by atoms with Gasteiger partial charge >= 0.3 is 0 Å². The van der Waals surface area contributed by atoms with Gasteiger partial charge in [0.1, 0.15) is 18.2 Å². The highest BCUT2D eigenvalue weighted by Crippen LogP contribution is 2.41. The molecule has 4 unspecified atom stereocenters. The number of rotatable bonds is 4. The average Bonchev–Trinajstić information content (AvgIpc) is 3.44. The van der Waals surface area contributed by atoms with Crippen molar-refractivity contribution in [1.82, 2.24) is 4.90 Å². The molecule has 2 heterocycles. The molecule has 4 atom stereocenters. The molecule has 0 aromatic heterocycles. The molecule has 6 rings (SSSR count). The summed E-state index contributed by atoms with van der Waals surface area (Å²) < 4.78 is 20.0. The Morgan fingerprint density at radius 2 is 1.84 bits per heavy atom. The van der Waals surface area contributed by atoms with Gasteiger partial charge in [0.05, 0.1) is 17.3 Å². The molecule has 1 aliphatic carbocycles. The van der Waals surface area contributed by atoms with Crippen LogP contribution in [0.15, 0.2) is 59.6 Å². The third kappa shape index (κ3) is 6.52. The van der Waals surface area contributed by atoms with Gasteiger partial charge in [-0.25, -0.2) is 4.39 Å². The van der Waals surface area contributed by atoms with E-state index in [2.05, 4.69) is 57.2 Å². The number of aliphatic imine (C=N–C) groups is 1. The summed E-state index contributed by atoms with van der Waals surface area (Å²) in [6.07, 6.45) is 7.36. The number of ether oxygens (including phenoxy) is 1. The first-order valence-corrected chi connectivity index (χ1v) is 16.3. The van der Waals surface area contributed by atoms with Gasteiger partial charge in [0, 0.05) is 23.7 Å². The van der Waals surface area contributed by atoms with Crippen LogP contribution in [-0.2, 0) is 11.3 Å². The number of nitrogens with zero attached hydrogens (tertiary/aromatic N) is 2. The van der Waals surface area contributed by atoms with Crippen LogP contribution in [0, 0.1) is 17.7 Å². The van der Waals surface area contributed by atoms with E-state index in [1.807, 2.05) is 11.0 Å². The molecule has 1 fully saturated rings. The molecule has 4 nitrogen and oxygen atoms in total. The molecule has 0 saturated heterocycles. The Kier molecular flexibility index (Phi) is 8.90. The van der Waals surface area contributed by atoms with Gasteiger partial charge in [-0.3, -0.25) is 9.79 Å². The lowest BCUT2D eigenvalue weighted by molar-refractivity contribution is -0.137. The minimum atomic E-state index is -0.383. The van der Waals surface area contributed by atoms with E-state index in [4.69, 9.17) is 21.3 Å². The molecule has 2 aliphatic heterocycles. The van der Waals surface area contributed by atoms with Crippen LogP contribution in [0.25, 0.3) is 11.1 Å². The summed E-state index contributed by atoms with van der Waals surface area (Å²) in [6, 6.07) is 18.1. The zero-order valence-electron chi connectivity index (χ0n) is 25.5. The van der Waals surface area contributed by atoms with Crippen molar-refractivity contribution in [2.75, 3.05) is 13.2 Å². The Morgan fingerprint density at radius 1 is 1.05 bits per heavy atom. The van der Waals surface area contributed by atoms with Crippen molar-refractivity contribution in [3.8, 4) is 16.9 Å². The van der Waals surface area contributed by atoms with Crippen molar-refractivity contribution in [2.24, 2.45) is 16.8 Å². The van der Waals surface area contributed by atoms with Crippen LogP contribution in [0.5, 0.6) is 5.75 Å². The average molecular weight is 601 g/mol. The molecule has 0 spiro atoms. The molecular weight excluding hydrogens is 559 g/mol. The van der Waals surface area contributed by atoms with Gasteiger partial charge < -0.3 is 9.64 Å². The minimum absolute atomic E-state index is 0.103. The maximum atomic E-state index is 14.0. The third-order valence-electron chi connectivity index (χ3n) is 9.97. The second-order valence-electron chi connectivity index (χ2n) is 12.9. The smallest absolute Gasteiger partial charge is 0.226 e. The summed E-state index contributed by atoms with van der Waals surface area (Å²) in [4.78, 5) is 20.9. The molecule has 6 heteroatoms. The van der Waals surface area contributed by atoms with Crippen molar-refractivity contribution in [1.29, 1.82) is 0 Å². The molecule has 3 aromatic rings. The zero-order chi connectivity index (χ0) is 30.1. The highest BCUT2D eigenvalue weighted by Gasteiger charge is 2.33. The fourth-order valence-electron chi connectivity index (χ4n) is 7.25. The van der Waals surface area contributed by atoms with Gasteiger partial charge in [-0.15, -0.1) is 0 Å². The highest BCUT2D eigenvalue weighted by molar-refractivity contribution is 6.30. The number of amides is 1. The summed E-state index contributed by atoms with van der Waals surface area (Å²) in [6.45, 7) is 8.09. The Hall–Kier alpha value is -3.18. The van der Waals surface area contributed by atoms with Gasteiger partial charge in [-0.2, -0.15) is 0 Å². The van der Waals surface area contributed by atoms with Crippen molar-refractivity contribution < 1.29 is 13.9 Å². The molecule has 0 bridgehead atoms. The largest absolute Gasteiger partial charge is 0.491 e. The standard InChI is InChI=1S/C37H42ClFN2O2/c1-23-8-9-24(2)40-35-21-30(10-13-32(23)35)28-12-15-36-31(19-28)22-41(16-17-43-36)37(42)25(3)26-6-4-5-7-27(18-26)29-11-14-34(39)33(38)20-29/h10-15,19-21,23,25-27H,4-9,16-18,22H2,1-3H3. The number of carbonyl (C=O) groups is 1. The number of benzene rings is 3. The van der Waals surface area contributed by atoms with E-state index in [0.717, 1.165) is 78.6 Å². The van der Waals surface area contributed by atoms with Gasteiger partial charge in [0.25, 0.3) is 0 Å². The van der Waals surface area contributed by atoms with Gasteiger partial charge in [0.2, 0.25) is 5.91 Å². The minimum Gasteiger partial charge on any atom is -0.491 e. The fourth-order valence-corrected chi connectivity index (χ4v) is 7.44. The van der Waals surface area contributed by atoms with Crippen LogP contribution in [0.2, 0.25) is 5.02 Å². The van der Waals surface area contributed by atoms with Crippen LogP contribution in [0.3, 0.4) is 0 Å². The van der Waals surface area contributed by atoms with Crippen LogP contribution in [0.1, 0.15) is 94.2 Å². The summed E-state index contributed by atoms with van der Waals surface area (Å²) in [5.41, 5.74) is 7.93. The van der Waals surface area contributed by atoms with Crippen molar-refractivity contribution >= 4 is 28.9 Å². The number of hydrogen-bond acceptors (Lipinski definition) is 3. The second-order valence-corrected chi connectivity index (χ2v) is 13.3. The lowest BCUT2D eigenvalue weighted by atomic mass is 9.81. The van der Waals surface area contributed by atoms with E-state index < -0.39 is 0 Å². The molecule has 1 amide bonds. The summed E-state index contributed by atoms with van der Waals surface area (Å²) in [7, 11) is 0. The van der Waals surface area contributed by atoms with Crippen LogP contribution in [-0.4, -0.2) is 29.7 Å². The predicted molar refractivity (Wildman–Crippen MR) is 173 cm³/mol. The van der Waals surface area contributed by atoms with E-state index in [1.165, 1.54) is 17.3 Å². The topological polar surface area (TPSA) is 41.9 Å². The van der Waals surface area contributed by atoms with Gasteiger partial charge in [-0.05, 0) is 109 Å². The second kappa shape index (κ2) is 12.8. The van der Waals surface area contributed by atoms with Crippen molar-refractivity contribution in [3.63, 3.8) is 0 Å². The van der Waals surface area contributed by atoms with E-state index in [1.54, 1.807) is 6.07 Å². The molecule has 1 saturated carbocycles. The molecule has 3 aliphatic rings. The van der Waals surface area contributed by atoms with E-state index in [-0.39, 0.29) is 34.5 Å². The van der Waals surface area contributed by atoms with Gasteiger partial charge in [0.15, 0.2) is 0 Å². The van der Waals surface area contributed by atoms with Crippen LogP contribution in [0.4, 0.5) is 10.1 Å². The number of fused-ring (bicyclic) bond motifs is 2. The van der Waals surface area contributed by atoms with Crippen LogP contribution < -0.4 is 4.74 Å². The number of halogens is 2. The van der Waals surface area contributed by atoms with Crippen LogP contribution >= 0.6 is 11.6 Å². The first-order chi connectivity index (χ1) is 20.8. The molecule has 0 radical (unpaired) electrons. The number of hydrogen-bond donors (Lipinski definition) is 0. The molecular formula is C37H42ClFN2O2. The maximum absolute atomic E-state index is 14.0. The van der Waals surface area contributed by atoms with E-state index in [0.29, 0.717) is 25.6 Å². The third-order valence-corrected chi connectivity index (χ3v) is 10.3. The van der Waals surface area contributed by atoms with Crippen molar-refractivity contribution in [3.05, 3.63) is 82.1 Å². The fraction of sp³-hybridized carbons (Fsp3) is 0.459. The van der Waals surface area contributed by atoms with E-state index >= 15 is 0 Å². The Balaban J connectivity index is 1.20. The summed E-state index contributed by atoms with van der Waals surface area (Å²) in [5.74, 6) is 1.60. The first-order valence-electron chi connectivity index (χ1n) is 15.9. The monoisotopic (exact) mass is 600 g/mol. The Labute approximate surface area is 260 Å². The molecule has 226 valence electrons. The predicted octanol–water partition coefficient (Wildman–Crippen LogP) is 9.86. The highest BCUT2D eigenvalue weighted by atomic mass is 35.5. The summed E-state index contributed by atoms with van der Waals surface area (Å²) in [5, 5.41) is 0.174. The molecule has 3 aromatic carbocycles. The maximum Gasteiger partial charge on any atom is 0.226 e. The Morgan fingerprint density at radius 3 is 2.67 bits per heavy atom. The SMILES string of the molecule is CC1=Nc2cc(-c3ccc4c(c3)CN(C(=O)C(C)C3CCCCC(c5ccc(F)c(Cl)c5)C3)CCO4)ccc2C(C)CC1.